The van der Waals surface area contributed by atoms with Gasteiger partial charge in [-0.3, -0.25) is 4.79 Å². The predicted octanol–water partition coefficient (Wildman–Crippen LogP) is 4.85. The smallest absolute Gasteiger partial charge is 0.340 e. The summed E-state index contributed by atoms with van der Waals surface area (Å²) in [5.74, 6) is -0.841. The Bertz CT molecular complexity index is 1280. The van der Waals surface area contributed by atoms with Crippen LogP contribution in [-0.2, 0) is 9.53 Å². The zero-order chi connectivity index (χ0) is 26.9. The van der Waals surface area contributed by atoms with Gasteiger partial charge in [0.25, 0.3) is 0 Å². The van der Waals surface area contributed by atoms with Crippen LogP contribution in [0.5, 0.6) is 11.5 Å². The highest BCUT2D eigenvalue weighted by molar-refractivity contribution is 6.04. The fraction of sp³-hybridized carbons (Fsp3) is 0.222. The fourth-order valence-electron chi connectivity index (χ4n) is 3.50. The second-order valence-corrected chi connectivity index (χ2v) is 7.97. The number of methoxy groups -OCH3 is 2. The van der Waals surface area contributed by atoms with Gasteiger partial charge >= 0.3 is 12.0 Å². The number of carbonyl (C=O) groups is 3. The molecule has 10 nitrogen and oxygen atoms in total. The van der Waals surface area contributed by atoms with E-state index < -0.39 is 17.9 Å². The summed E-state index contributed by atoms with van der Waals surface area (Å²) >= 11 is 0. The molecule has 194 valence electrons. The van der Waals surface area contributed by atoms with Crippen LogP contribution >= 0.6 is 0 Å². The molecule has 0 saturated heterocycles. The summed E-state index contributed by atoms with van der Waals surface area (Å²) in [5, 5.41) is 8.20. The topological polar surface area (TPSA) is 141 Å². The average molecular weight is 507 g/mol. The summed E-state index contributed by atoms with van der Waals surface area (Å²) in [6.07, 6.45) is 0. The summed E-state index contributed by atoms with van der Waals surface area (Å²) in [4.78, 5) is 37.9. The second kappa shape index (κ2) is 12.3. The number of hydrogen-bond acceptors (Lipinski definition) is 7. The second-order valence-electron chi connectivity index (χ2n) is 7.97. The van der Waals surface area contributed by atoms with Crippen molar-refractivity contribution in [2.24, 2.45) is 0 Å². The van der Waals surface area contributed by atoms with Gasteiger partial charge in [0.15, 0.2) is 11.5 Å². The Kier molecular flexibility index (Phi) is 8.93. The number of anilines is 4. The molecular weight excluding hydrogens is 476 g/mol. The summed E-state index contributed by atoms with van der Waals surface area (Å²) in [7, 11) is 2.91. The van der Waals surface area contributed by atoms with Gasteiger partial charge in [-0.2, -0.15) is 0 Å². The summed E-state index contributed by atoms with van der Waals surface area (Å²) < 4.78 is 15.7. The molecule has 3 amide bonds. The van der Waals surface area contributed by atoms with Gasteiger partial charge in [0.2, 0.25) is 5.91 Å². The van der Waals surface area contributed by atoms with Crippen LogP contribution in [0.4, 0.5) is 27.5 Å². The maximum absolute atomic E-state index is 13.1. The first kappa shape index (κ1) is 26.9. The number of nitrogen functional groups attached to an aromatic ring is 1. The molecule has 10 heteroatoms. The van der Waals surface area contributed by atoms with E-state index in [0.717, 1.165) is 0 Å². The highest BCUT2D eigenvalue weighted by Gasteiger charge is 2.22. The van der Waals surface area contributed by atoms with Crippen LogP contribution in [-0.4, -0.2) is 38.7 Å². The van der Waals surface area contributed by atoms with Gasteiger partial charge in [-0.25, -0.2) is 9.59 Å². The largest absolute Gasteiger partial charge is 0.493 e. The number of urea groups is 1. The third-order valence-corrected chi connectivity index (χ3v) is 5.55. The highest BCUT2D eigenvalue weighted by Crippen LogP contribution is 2.34. The molecule has 3 aromatic carbocycles. The molecule has 0 aliphatic carbocycles. The fourth-order valence-corrected chi connectivity index (χ4v) is 3.50. The van der Waals surface area contributed by atoms with Crippen molar-refractivity contribution < 1.29 is 28.6 Å². The first-order chi connectivity index (χ1) is 17.8. The van der Waals surface area contributed by atoms with E-state index in [9.17, 15) is 14.4 Å². The number of para-hydroxylation sites is 2. The number of rotatable bonds is 9. The van der Waals surface area contributed by atoms with Crippen LogP contribution < -0.4 is 31.2 Å². The van der Waals surface area contributed by atoms with E-state index in [1.54, 1.807) is 62.4 Å². The average Bonchev–Trinajstić information content (AvgIpc) is 2.89. The van der Waals surface area contributed by atoms with E-state index in [1.165, 1.54) is 26.4 Å². The Morgan fingerprint density at radius 2 is 1.51 bits per heavy atom. The lowest BCUT2D eigenvalue weighted by Crippen LogP contribution is -2.21. The van der Waals surface area contributed by atoms with Crippen LogP contribution in [0, 0.1) is 0 Å². The highest BCUT2D eigenvalue weighted by atomic mass is 16.5. The van der Waals surface area contributed by atoms with Gasteiger partial charge in [-0.15, -0.1) is 0 Å². The zero-order valence-electron chi connectivity index (χ0n) is 21.1. The minimum atomic E-state index is -0.600. The number of ether oxygens (including phenoxy) is 3. The van der Waals surface area contributed by atoms with Crippen LogP contribution in [0.25, 0.3) is 0 Å². The van der Waals surface area contributed by atoms with Gasteiger partial charge < -0.3 is 35.9 Å². The Labute approximate surface area is 215 Å². The lowest BCUT2D eigenvalue weighted by atomic mass is 9.99. The van der Waals surface area contributed by atoms with E-state index in [0.29, 0.717) is 34.1 Å². The monoisotopic (exact) mass is 506 g/mol. The predicted molar refractivity (Wildman–Crippen MR) is 142 cm³/mol. The van der Waals surface area contributed by atoms with Crippen molar-refractivity contribution in [3.63, 3.8) is 0 Å². The number of esters is 1. The third kappa shape index (κ3) is 6.69. The van der Waals surface area contributed by atoms with E-state index in [4.69, 9.17) is 19.9 Å². The van der Waals surface area contributed by atoms with Crippen molar-refractivity contribution >= 4 is 40.7 Å². The first-order valence-electron chi connectivity index (χ1n) is 11.5. The number of nitrogens with one attached hydrogen (secondary N) is 3. The number of amides is 3. The van der Waals surface area contributed by atoms with Crippen LogP contribution in [0.1, 0.15) is 35.7 Å². The molecule has 3 aromatic rings. The molecular formula is C27H30N4O6. The van der Waals surface area contributed by atoms with E-state index >= 15 is 0 Å². The molecule has 0 aliphatic heterocycles. The molecule has 0 heterocycles. The molecule has 3 rings (SSSR count). The van der Waals surface area contributed by atoms with Crippen molar-refractivity contribution in [2.75, 3.05) is 42.5 Å². The van der Waals surface area contributed by atoms with Crippen molar-refractivity contribution in [1.29, 1.82) is 0 Å². The van der Waals surface area contributed by atoms with Gasteiger partial charge in [-0.1, -0.05) is 24.3 Å². The molecule has 37 heavy (non-hydrogen) atoms. The molecule has 0 saturated carbocycles. The Morgan fingerprint density at radius 3 is 2.14 bits per heavy atom. The third-order valence-electron chi connectivity index (χ3n) is 5.55. The molecule has 5 N–H and O–H groups in total. The lowest BCUT2D eigenvalue weighted by Gasteiger charge is -2.17. The minimum absolute atomic E-state index is 0.143. The molecule has 0 aromatic heterocycles. The Hall–Kier alpha value is -4.73. The van der Waals surface area contributed by atoms with Crippen molar-refractivity contribution in [3.8, 4) is 11.5 Å². The number of nitrogens with two attached hydrogens (primary N) is 1. The van der Waals surface area contributed by atoms with E-state index in [1.807, 2.05) is 0 Å². The molecule has 0 spiro atoms. The SMILES string of the molecule is CCOC(=O)c1cc(OC)c(OC)cc1NC(=O)C(C)c1ccc(NC(=O)Nc2ccccc2N)cc1. The van der Waals surface area contributed by atoms with Crippen LogP contribution in [0.2, 0.25) is 0 Å². The zero-order valence-corrected chi connectivity index (χ0v) is 21.1. The minimum Gasteiger partial charge on any atom is -0.493 e. The summed E-state index contributed by atoms with van der Waals surface area (Å²) in [6, 6.07) is 16.3. The van der Waals surface area contributed by atoms with Gasteiger partial charge in [0.1, 0.15) is 0 Å². The molecule has 0 bridgehead atoms. The summed E-state index contributed by atoms with van der Waals surface area (Å²) in [6.45, 7) is 3.60. The Morgan fingerprint density at radius 1 is 0.865 bits per heavy atom. The molecule has 1 unspecified atom stereocenters. The van der Waals surface area contributed by atoms with Gasteiger partial charge in [0.05, 0.1) is 49.4 Å². The normalized spacial score (nSPS) is 11.1. The molecule has 0 radical (unpaired) electrons. The maximum atomic E-state index is 13.1. The molecule has 0 aliphatic rings. The van der Waals surface area contributed by atoms with Crippen molar-refractivity contribution in [1.82, 2.24) is 0 Å². The van der Waals surface area contributed by atoms with E-state index in [2.05, 4.69) is 16.0 Å². The Balaban J connectivity index is 1.72. The van der Waals surface area contributed by atoms with Gasteiger partial charge in [0, 0.05) is 17.8 Å². The van der Waals surface area contributed by atoms with Gasteiger partial charge in [-0.05, 0) is 43.7 Å². The first-order valence-corrected chi connectivity index (χ1v) is 11.5. The summed E-state index contributed by atoms with van der Waals surface area (Å²) in [5.41, 5.74) is 8.42. The van der Waals surface area contributed by atoms with E-state index in [-0.39, 0.29) is 23.8 Å². The quantitative estimate of drug-likeness (QED) is 0.240. The number of carbonyl (C=O) groups excluding carboxylic acids is 3. The molecule has 0 fully saturated rings. The standard InChI is InChI=1S/C27H30N4O6/c1-5-37-26(33)19-14-23(35-3)24(36-4)15-22(19)30-25(32)16(2)17-10-12-18(13-11-17)29-27(34)31-21-9-7-6-8-20(21)28/h6-16H,5,28H2,1-4H3,(H,30,32)(H2,29,31,34). The van der Waals surface area contributed by atoms with Crippen molar-refractivity contribution in [3.05, 3.63) is 71.8 Å². The number of hydrogen-bond donors (Lipinski definition) is 4. The van der Waals surface area contributed by atoms with Crippen molar-refractivity contribution in [2.45, 2.75) is 19.8 Å². The molecule has 1 atom stereocenters. The number of benzene rings is 3. The maximum Gasteiger partial charge on any atom is 0.340 e. The lowest BCUT2D eigenvalue weighted by molar-refractivity contribution is -0.117. The van der Waals surface area contributed by atoms with Crippen LogP contribution in [0.15, 0.2) is 60.7 Å². The van der Waals surface area contributed by atoms with Crippen LogP contribution in [0.3, 0.4) is 0 Å².